The van der Waals surface area contributed by atoms with Gasteiger partial charge < -0.3 is 0 Å². The molecule has 0 atom stereocenters. The van der Waals surface area contributed by atoms with Crippen molar-refractivity contribution in [3.63, 3.8) is 0 Å². The molecule has 0 saturated carbocycles. The van der Waals surface area contributed by atoms with Crippen LogP contribution in [0.1, 0.15) is 5.56 Å². The molecule has 1 aromatic heterocycles. The lowest BCUT2D eigenvalue weighted by Crippen LogP contribution is -2.00. The molecule has 0 unspecified atom stereocenters. The van der Waals surface area contributed by atoms with Gasteiger partial charge in [-0.15, -0.1) is 0 Å². The summed E-state index contributed by atoms with van der Waals surface area (Å²) in [5, 5.41) is 11.5. The van der Waals surface area contributed by atoms with Crippen molar-refractivity contribution >= 4 is 10.8 Å². The van der Waals surface area contributed by atoms with Crippen LogP contribution in [0.4, 0.5) is 0 Å². The van der Waals surface area contributed by atoms with Crippen LogP contribution in [-0.4, -0.2) is 15.0 Å². The summed E-state index contributed by atoms with van der Waals surface area (Å²) < 4.78 is 0. The molecule has 9 aromatic rings. The van der Waals surface area contributed by atoms with Crippen LogP contribution in [0.25, 0.3) is 89.4 Å². The van der Waals surface area contributed by atoms with E-state index in [1.807, 2.05) is 84.9 Å². The largest absolute Gasteiger partial charge is 0.208 e. The third-order valence-corrected chi connectivity index (χ3v) is 9.82. The van der Waals surface area contributed by atoms with E-state index < -0.39 is 0 Å². The Morgan fingerprint density at radius 2 is 0.704 bits per heavy atom. The summed E-state index contributed by atoms with van der Waals surface area (Å²) in [7, 11) is 0. The average Bonchev–Trinajstić information content (AvgIpc) is 3.26. The molecule has 54 heavy (non-hydrogen) atoms. The topological polar surface area (TPSA) is 62.5 Å². The third-order valence-electron chi connectivity index (χ3n) is 9.82. The first-order valence-electron chi connectivity index (χ1n) is 17.9. The summed E-state index contributed by atoms with van der Waals surface area (Å²) in [5.41, 5.74) is 12.6. The SMILES string of the molecule is N#Cc1ccc(-c2ccc(-c3ccc(-c4ccc5ccccc5c4-c4ccc(-c5nc(-c6ccccc6)nc(-c6ccccc6)n5)cc4)cc3)cc2)cc1. The lowest BCUT2D eigenvalue weighted by molar-refractivity contribution is 1.07. The molecule has 0 N–H and O–H groups in total. The fourth-order valence-electron chi connectivity index (χ4n) is 6.98. The first kappa shape index (κ1) is 32.4. The van der Waals surface area contributed by atoms with Gasteiger partial charge in [0.25, 0.3) is 0 Å². The summed E-state index contributed by atoms with van der Waals surface area (Å²) >= 11 is 0. The number of fused-ring (bicyclic) bond motifs is 1. The Morgan fingerprint density at radius 3 is 1.20 bits per heavy atom. The van der Waals surface area contributed by atoms with E-state index in [0.717, 1.165) is 50.1 Å². The smallest absolute Gasteiger partial charge is 0.164 e. The maximum atomic E-state index is 9.14. The van der Waals surface area contributed by atoms with E-state index in [2.05, 4.69) is 115 Å². The zero-order valence-corrected chi connectivity index (χ0v) is 29.3. The van der Waals surface area contributed by atoms with Crippen molar-refractivity contribution in [2.45, 2.75) is 0 Å². The summed E-state index contributed by atoms with van der Waals surface area (Å²) in [5.74, 6) is 1.92. The average molecular weight is 689 g/mol. The van der Waals surface area contributed by atoms with Gasteiger partial charge in [0.1, 0.15) is 0 Å². The summed E-state index contributed by atoms with van der Waals surface area (Å²) in [6, 6.07) is 69.0. The Kier molecular flexibility index (Phi) is 8.57. The number of benzene rings is 8. The van der Waals surface area contributed by atoms with Crippen molar-refractivity contribution in [1.82, 2.24) is 15.0 Å². The summed E-state index contributed by atoms with van der Waals surface area (Å²) in [4.78, 5) is 14.7. The van der Waals surface area contributed by atoms with Crippen LogP contribution in [0.3, 0.4) is 0 Å². The van der Waals surface area contributed by atoms with Gasteiger partial charge in [-0.2, -0.15) is 5.26 Å². The van der Waals surface area contributed by atoms with Crippen LogP contribution >= 0.6 is 0 Å². The normalized spacial score (nSPS) is 10.9. The molecule has 4 heteroatoms. The van der Waals surface area contributed by atoms with Gasteiger partial charge in [-0.05, 0) is 67.4 Å². The minimum atomic E-state index is 0.632. The Balaban J connectivity index is 1.07. The van der Waals surface area contributed by atoms with Crippen LogP contribution in [0.5, 0.6) is 0 Å². The Morgan fingerprint density at radius 1 is 0.315 bits per heavy atom. The maximum absolute atomic E-state index is 9.14. The van der Waals surface area contributed by atoms with Crippen molar-refractivity contribution in [2.24, 2.45) is 0 Å². The van der Waals surface area contributed by atoms with E-state index in [-0.39, 0.29) is 0 Å². The van der Waals surface area contributed by atoms with Crippen molar-refractivity contribution in [2.75, 3.05) is 0 Å². The van der Waals surface area contributed by atoms with Crippen molar-refractivity contribution < 1.29 is 0 Å². The molecule has 0 saturated heterocycles. The van der Waals surface area contributed by atoms with Gasteiger partial charge in [0, 0.05) is 16.7 Å². The fraction of sp³-hybridized carbons (Fsp3) is 0. The van der Waals surface area contributed by atoms with Crippen molar-refractivity contribution in [3.05, 3.63) is 200 Å². The molecule has 0 spiro atoms. The number of hydrogen-bond donors (Lipinski definition) is 0. The van der Waals surface area contributed by atoms with Gasteiger partial charge in [0.05, 0.1) is 11.6 Å². The Hall–Kier alpha value is -7.48. The molecule has 0 bridgehead atoms. The van der Waals surface area contributed by atoms with Crippen LogP contribution in [0.15, 0.2) is 194 Å². The van der Waals surface area contributed by atoms with Gasteiger partial charge in [-0.25, -0.2) is 15.0 Å². The van der Waals surface area contributed by atoms with E-state index >= 15 is 0 Å². The van der Waals surface area contributed by atoms with Crippen molar-refractivity contribution in [1.29, 1.82) is 5.26 Å². The van der Waals surface area contributed by atoms with E-state index in [9.17, 15) is 0 Å². The molecular weight excluding hydrogens is 657 g/mol. The predicted octanol–water partition coefficient (Wildman–Crippen LogP) is 12.6. The van der Waals surface area contributed by atoms with E-state index in [4.69, 9.17) is 20.2 Å². The van der Waals surface area contributed by atoms with Crippen LogP contribution < -0.4 is 0 Å². The Bertz CT molecular complexity index is 2710. The summed E-state index contributed by atoms with van der Waals surface area (Å²) in [6.07, 6.45) is 0. The van der Waals surface area contributed by atoms with E-state index in [1.165, 1.54) is 21.9 Å². The van der Waals surface area contributed by atoms with E-state index in [1.54, 1.807) is 0 Å². The molecule has 0 aliphatic heterocycles. The second-order valence-corrected chi connectivity index (χ2v) is 13.2. The van der Waals surface area contributed by atoms with E-state index in [0.29, 0.717) is 23.0 Å². The molecule has 0 radical (unpaired) electrons. The zero-order chi connectivity index (χ0) is 36.3. The molecular formula is C50H32N4. The highest BCUT2D eigenvalue weighted by atomic mass is 15.0. The maximum Gasteiger partial charge on any atom is 0.164 e. The third kappa shape index (κ3) is 6.43. The number of nitrogens with zero attached hydrogens (tertiary/aromatic N) is 4. The molecule has 0 fully saturated rings. The highest BCUT2D eigenvalue weighted by Gasteiger charge is 2.15. The molecule has 0 aliphatic rings. The van der Waals surface area contributed by atoms with Crippen LogP contribution in [0.2, 0.25) is 0 Å². The number of rotatable bonds is 7. The number of hydrogen-bond acceptors (Lipinski definition) is 4. The highest BCUT2D eigenvalue weighted by Crippen LogP contribution is 2.40. The first-order valence-corrected chi connectivity index (χ1v) is 17.9. The lowest BCUT2D eigenvalue weighted by Gasteiger charge is -2.15. The van der Waals surface area contributed by atoms with Crippen LogP contribution in [0, 0.1) is 11.3 Å². The molecule has 1 heterocycles. The van der Waals surface area contributed by atoms with Gasteiger partial charge >= 0.3 is 0 Å². The molecule has 8 aromatic carbocycles. The predicted molar refractivity (Wildman–Crippen MR) is 220 cm³/mol. The molecule has 0 aliphatic carbocycles. The number of nitriles is 1. The fourth-order valence-corrected chi connectivity index (χ4v) is 6.98. The summed E-state index contributed by atoms with van der Waals surface area (Å²) in [6.45, 7) is 0. The second-order valence-electron chi connectivity index (χ2n) is 13.2. The van der Waals surface area contributed by atoms with Crippen LogP contribution in [-0.2, 0) is 0 Å². The second kappa shape index (κ2) is 14.3. The van der Waals surface area contributed by atoms with Gasteiger partial charge in [0.2, 0.25) is 0 Å². The molecule has 4 nitrogen and oxygen atoms in total. The van der Waals surface area contributed by atoms with Crippen molar-refractivity contribution in [3.8, 4) is 84.7 Å². The minimum Gasteiger partial charge on any atom is -0.208 e. The van der Waals surface area contributed by atoms with Gasteiger partial charge in [-0.1, -0.05) is 182 Å². The Labute approximate surface area is 314 Å². The molecule has 9 rings (SSSR count). The lowest BCUT2D eigenvalue weighted by atomic mass is 9.89. The standard InChI is InChI=1S/C50H32N4/c51-33-34-15-17-35(18-16-34)36-19-21-37(22-20-36)38-23-25-40(26-24-38)46-32-31-39-9-7-8-14-45(39)47(46)41-27-29-44(30-28-41)50-53-48(42-10-3-1-4-11-42)52-49(54-50)43-12-5-2-6-13-43/h1-32H. The monoisotopic (exact) mass is 688 g/mol. The quantitative estimate of drug-likeness (QED) is 0.167. The van der Waals surface area contributed by atoms with Gasteiger partial charge in [0.15, 0.2) is 17.5 Å². The zero-order valence-electron chi connectivity index (χ0n) is 29.3. The number of aromatic nitrogens is 3. The molecule has 0 amide bonds. The highest BCUT2D eigenvalue weighted by molar-refractivity contribution is 6.04. The minimum absolute atomic E-state index is 0.632. The first-order chi connectivity index (χ1) is 26.7. The van der Waals surface area contributed by atoms with Gasteiger partial charge in [-0.3, -0.25) is 0 Å². The molecule has 252 valence electrons.